The second kappa shape index (κ2) is 8.98. The van der Waals surface area contributed by atoms with E-state index in [1.807, 2.05) is 12.1 Å². The normalized spacial score (nSPS) is 10.4. The number of benzene rings is 2. The number of nitro benzene ring substituents is 1. The molecule has 164 valence electrons. The number of hydrogen-bond donors (Lipinski definition) is 1. The SMILES string of the molecule is N#Cc1cnn(-c2ccccc2)c1NC(=O)c1ccn(COc2cc(F)ccc2[N+](=O)[O-])n1. The number of para-hydroxylation sites is 1. The van der Waals surface area contributed by atoms with Gasteiger partial charge in [-0.05, 0) is 24.3 Å². The summed E-state index contributed by atoms with van der Waals surface area (Å²) >= 11 is 0. The zero-order valence-corrected chi connectivity index (χ0v) is 16.8. The van der Waals surface area contributed by atoms with Crippen LogP contribution in [0.5, 0.6) is 5.75 Å². The van der Waals surface area contributed by atoms with Crippen molar-refractivity contribution in [3.8, 4) is 17.5 Å². The molecule has 0 aliphatic rings. The van der Waals surface area contributed by atoms with Crippen LogP contribution in [0.3, 0.4) is 0 Å². The molecule has 0 bridgehead atoms. The van der Waals surface area contributed by atoms with Crippen molar-refractivity contribution < 1.29 is 18.8 Å². The maximum absolute atomic E-state index is 13.4. The largest absolute Gasteiger partial charge is 0.464 e. The first kappa shape index (κ1) is 21.2. The quantitative estimate of drug-likeness (QED) is 0.338. The van der Waals surface area contributed by atoms with E-state index in [4.69, 9.17) is 4.74 Å². The molecule has 12 heteroatoms. The topological polar surface area (TPSA) is 141 Å². The second-order valence-corrected chi connectivity index (χ2v) is 6.60. The van der Waals surface area contributed by atoms with E-state index in [2.05, 4.69) is 15.5 Å². The standard InChI is InChI=1S/C21H14FN7O4/c22-15-6-7-18(29(31)32)19(10-15)33-13-27-9-8-17(26-27)21(30)25-20-14(11-23)12-24-28(20)16-4-2-1-3-5-16/h1-10,12H,13H2,(H,25,30). The molecule has 4 aromatic rings. The van der Waals surface area contributed by atoms with Gasteiger partial charge >= 0.3 is 5.69 Å². The molecule has 0 saturated carbocycles. The van der Waals surface area contributed by atoms with Crippen LogP contribution < -0.4 is 10.1 Å². The number of carbonyl (C=O) groups excluding carboxylic acids is 1. The van der Waals surface area contributed by atoms with Crippen LogP contribution >= 0.6 is 0 Å². The Morgan fingerprint density at radius 2 is 2.03 bits per heavy atom. The number of anilines is 1. The lowest BCUT2D eigenvalue weighted by molar-refractivity contribution is -0.386. The number of nitriles is 1. The fraction of sp³-hybridized carbons (Fsp3) is 0.0476. The molecule has 1 amide bonds. The van der Waals surface area contributed by atoms with Crippen LogP contribution in [0.2, 0.25) is 0 Å². The highest BCUT2D eigenvalue weighted by Crippen LogP contribution is 2.27. The third kappa shape index (κ3) is 4.52. The van der Waals surface area contributed by atoms with Crippen LogP contribution in [0.15, 0.2) is 67.0 Å². The second-order valence-electron chi connectivity index (χ2n) is 6.60. The number of halogens is 1. The predicted molar refractivity (Wildman–Crippen MR) is 112 cm³/mol. The monoisotopic (exact) mass is 447 g/mol. The Bertz CT molecular complexity index is 1380. The molecule has 2 aromatic heterocycles. The van der Waals surface area contributed by atoms with Crippen molar-refractivity contribution in [3.63, 3.8) is 0 Å². The van der Waals surface area contributed by atoms with Gasteiger partial charge in [0, 0.05) is 18.3 Å². The molecule has 0 atom stereocenters. The summed E-state index contributed by atoms with van der Waals surface area (Å²) in [6.07, 6.45) is 2.75. The molecule has 0 radical (unpaired) electrons. The fourth-order valence-corrected chi connectivity index (χ4v) is 2.93. The summed E-state index contributed by atoms with van der Waals surface area (Å²) in [7, 11) is 0. The number of nitrogens with one attached hydrogen (secondary N) is 1. The molecule has 11 nitrogen and oxygen atoms in total. The molecular formula is C21H14FN7O4. The third-order valence-electron chi connectivity index (χ3n) is 4.47. The highest BCUT2D eigenvalue weighted by atomic mass is 19.1. The minimum atomic E-state index is -0.695. The van der Waals surface area contributed by atoms with Crippen molar-refractivity contribution in [3.05, 3.63) is 94.2 Å². The minimum absolute atomic E-state index is 0.00274. The van der Waals surface area contributed by atoms with Gasteiger partial charge in [-0.15, -0.1) is 0 Å². The zero-order valence-electron chi connectivity index (χ0n) is 16.8. The molecule has 0 unspecified atom stereocenters. The fourth-order valence-electron chi connectivity index (χ4n) is 2.93. The number of ether oxygens (including phenoxy) is 1. The van der Waals surface area contributed by atoms with Gasteiger partial charge < -0.3 is 10.1 Å². The average molecular weight is 447 g/mol. The Morgan fingerprint density at radius 3 is 2.76 bits per heavy atom. The Balaban J connectivity index is 1.50. The number of rotatable bonds is 7. The maximum Gasteiger partial charge on any atom is 0.311 e. The molecule has 0 fully saturated rings. The molecular weight excluding hydrogens is 433 g/mol. The molecule has 33 heavy (non-hydrogen) atoms. The smallest absolute Gasteiger partial charge is 0.311 e. The number of hydrogen-bond acceptors (Lipinski definition) is 7. The molecule has 0 aliphatic heterocycles. The molecule has 2 heterocycles. The molecule has 4 rings (SSSR count). The Kier molecular flexibility index (Phi) is 5.77. The molecule has 0 aliphatic carbocycles. The van der Waals surface area contributed by atoms with Gasteiger partial charge in [-0.1, -0.05) is 18.2 Å². The number of carbonyl (C=O) groups is 1. The molecule has 1 N–H and O–H groups in total. The van der Waals surface area contributed by atoms with Crippen molar-refractivity contribution in [2.45, 2.75) is 6.73 Å². The first-order valence-electron chi connectivity index (χ1n) is 9.41. The van der Waals surface area contributed by atoms with Gasteiger partial charge in [0.1, 0.15) is 17.4 Å². The van der Waals surface area contributed by atoms with Gasteiger partial charge in [-0.3, -0.25) is 14.9 Å². The van der Waals surface area contributed by atoms with E-state index in [9.17, 15) is 24.6 Å². The van der Waals surface area contributed by atoms with E-state index in [-0.39, 0.29) is 29.6 Å². The number of nitrogens with zero attached hydrogens (tertiary/aromatic N) is 6. The van der Waals surface area contributed by atoms with Crippen LogP contribution in [0.25, 0.3) is 5.69 Å². The van der Waals surface area contributed by atoms with Crippen molar-refractivity contribution >= 4 is 17.4 Å². The van der Waals surface area contributed by atoms with Gasteiger partial charge in [0.05, 0.1) is 16.8 Å². The van der Waals surface area contributed by atoms with E-state index in [1.54, 1.807) is 24.3 Å². The predicted octanol–water partition coefficient (Wildman–Crippen LogP) is 3.28. The van der Waals surface area contributed by atoms with E-state index in [0.29, 0.717) is 5.69 Å². The lowest BCUT2D eigenvalue weighted by atomic mass is 10.3. The van der Waals surface area contributed by atoms with Crippen LogP contribution in [0, 0.1) is 27.3 Å². The molecule has 0 spiro atoms. The number of aromatic nitrogens is 4. The highest BCUT2D eigenvalue weighted by molar-refractivity contribution is 6.03. The van der Waals surface area contributed by atoms with Gasteiger partial charge in [0.25, 0.3) is 5.91 Å². The summed E-state index contributed by atoms with van der Waals surface area (Å²) in [5, 5.41) is 31.3. The van der Waals surface area contributed by atoms with Gasteiger partial charge in [0.2, 0.25) is 5.75 Å². The summed E-state index contributed by atoms with van der Waals surface area (Å²) in [6, 6.07) is 15.2. The van der Waals surface area contributed by atoms with Crippen LogP contribution in [0.4, 0.5) is 15.9 Å². The van der Waals surface area contributed by atoms with E-state index < -0.39 is 22.3 Å². The number of nitro groups is 1. The average Bonchev–Trinajstić information content (AvgIpc) is 3.45. The third-order valence-corrected chi connectivity index (χ3v) is 4.47. The number of amides is 1. The van der Waals surface area contributed by atoms with Crippen molar-refractivity contribution in [2.75, 3.05) is 5.32 Å². The highest BCUT2D eigenvalue weighted by Gasteiger charge is 2.19. The van der Waals surface area contributed by atoms with E-state index >= 15 is 0 Å². The molecule has 2 aromatic carbocycles. The lowest BCUT2D eigenvalue weighted by Gasteiger charge is -2.09. The summed E-state index contributed by atoms with van der Waals surface area (Å²) < 4.78 is 21.4. The first-order chi connectivity index (χ1) is 16.0. The Morgan fingerprint density at radius 1 is 1.24 bits per heavy atom. The van der Waals surface area contributed by atoms with Crippen LogP contribution in [-0.2, 0) is 6.73 Å². The first-order valence-corrected chi connectivity index (χ1v) is 9.41. The minimum Gasteiger partial charge on any atom is -0.464 e. The van der Waals surface area contributed by atoms with Crippen LogP contribution in [-0.4, -0.2) is 30.4 Å². The summed E-state index contributed by atoms with van der Waals surface area (Å²) in [6.45, 7) is -0.303. The van der Waals surface area contributed by atoms with E-state index in [0.717, 1.165) is 18.2 Å². The Labute approximate surface area is 185 Å². The zero-order chi connectivity index (χ0) is 23.4. The van der Waals surface area contributed by atoms with Crippen molar-refractivity contribution in [1.29, 1.82) is 5.26 Å². The Hall–Kier alpha value is -5.05. The maximum atomic E-state index is 13.4. The van der Waals surface area contributed by atoms with Crippen molar-refractivity contribution in [1.82, 2.24) is 19.6 Å². The van der Waals surface area contributed by atoms with Crippen molar-refractivity contribution in [2.24, 2.45) is 0 Å². The summed E-state index contributed by atoms with van der Waals surface area (Å²) in [5.74, 6) is -1.40. The van der Waals surface area contributed by atoms with Crippen LogP contribution in [0.1, 0.15) is 16.1 Å². The van der Waals surface area contributed by atoms with Gasteiger partial charge in [0.15, 0.2) is 18.2 Å². The van der Waals surface area contributed by atoms with Gasteiger partial charge in [-0.2, -0.15) is 15.5 Å². The lowest BCUT2D eigenvalue weighted by Crippen LogP contribution is -2.17. The van der Waals surface area contributed by atoms with E-state index in [1.165, 1.54) is 27.8 Å². The summed E-state index contributed by atoms with van der Waals surface area (Å²) in [5.41, 5.74) is 0.398. The molecule has 0 saturated heterocycles. The van der Waals surface area contributed by atoms with Gasteiger partial charge in [-0.25, -0.2) is 13.8 Å². The summed E-state index contributed by atoms with van der Waals surface area (Å²) in [4.78, 5) is 23.1.